The molecule has 1 saturated heterocycles. The molecule has 0 spiro atoms. The molecule has 1 aliphatic rings. The third kappa shape index (κ3) is 9.56. The smallest absolute Gasteiger partial charge is 0.0892 e. The minimum absolute atomic E-state index is 0.178. The fourth-order valence-corrected chi connectivity index (χ4v) is 6.71. The van der Waals surface area contributed by atoms with Crippen molar-refractivity contribution in [3.8, 4) is 0 Å². The molecule has 4 rings (SSSR count). The maximum absolute atomic E-state index is 6.05. The monoisotopic (exact) mass is 663 g/mol. The zero-order chi connectivity index (χ0) is 30.6. The lowest BCUT2D eigenvalue weighted by Gasteiger charge is -2.44. The van der Waals surface area contributed by atoms with Crippen molar-refractivity contribution in [3.05, 3.63) is 89.5 Å². The molecule has 0 aliphatic carbocycles. The third-order valence-electron chi connectivity index (χ3n) is 8.08. The molecule has 1 heterocycles. The summed E-state index contributed by atoms with van der Waals surface area (Å²) < 4.78 is 0. The lowest BCUT2D eigenvalue weighted by atomic mass is 10.0. The van der Waals surface area contributed by atoms with Gasteiger partial charge < -0.3 is 14.7 Å². The van der Waals surface area contributed by atoms with Gasteiger partial charge in [-0.2, -0.15) is 0 Å². The van der Waals surface area contributed by atoms with Crippen LogP contribution >= 0.6 is 46.4 Å². The third-order valence-corrected chi connectivity index (χ3v) is 8.76. The van der Waals surface area contributed by atoms with Gasteiger partial charge in [0.15, 0.2) is 0 Å². The van der Waals surface area contributed by atoms with E-state index in [4.69, 9.17) is 46.4 Å². The number of rotatable bonds is 16. The van der Waals surface area contributed by atoms with Gasteiger partial charge in [-0.25, -0.2) is 0 Å². The van der Waals surface area contributed by atoms with Gasteiger partial charge >= 0.3 is 0 Å². The molecule has 9 heteroatoms. The van der Waals surface area contributed by atoms with Crippen LogP contribution < -0.4 is 14.7 Å². The van der Waals surface area contributed by atoms with Gasteiger partial charge in [0, 0.05) is 107 Å². The van der Waals surface area contributed by atoms with E-state index in [9.17, 15) is 0 Å². The Morgan fingerprint density at radius 2 is 0.930 bits per heavy atom. The van der Waals surface area contributed by atoms with Crippen molar-refractivity contribution in [2.45, 2.75) is 25.7 Å². The maximum atomic E-state index is 6.05. The van der Waals surface area contributed by atoms with Crippen LogP contribution in [0.15, 0.2) is 72.8 Å². The van der Waals surface area contributed by atoms with Crippen LogP contribution in [0.5, 0.6) is 0 Å². The molecule has 43 heavy (non-hydrogen) atoms. The second-order valence-corrected chi connectivity index (χ2v) is 12.7. The Morgan fingerprint density at radius 1 is 0.558 bits per heavy atom. The zero-order valence-electron chi connectivity index (χ0n) is 25.4. The number of hydrogen-bond donors (Lipinski definition) is 0. The van der Waals surface area contributed by atoms with Crippen LogP contribution in [0.25, 0.3) is 0 Å². The van der Waals surface area contributed by atoms with Crippen molar-refractivity contribution >= 4 is 63.5 Å². The highest BCUT2D eigenvalue weighted by Crippen LogP contribution is 2.33. The molecule has 5 nitrogen and oxygen atoms in total. The van der Waals surface area contributed by atoms with Gasteiger partial charge in [-0.3, -0.25) is 9.80 Å². The first kappa shape index (κ1) is 34.0. The first-order valence-corrected chi connectivity index (χ1v) is 17.3. The Bertz CT molecular complexity index is 1130. The van der Waals surface area contributed by atoms with Crippen molar-refractivity contribution in [2.24, 2.45) is 0 Å². The molecule has 3 aromatic carbocycles. The van der Waals surface area contributed by atoms with Crippen LogP contribution in [0.4, 0.5) is 17.1 Å². The van der Waals surface area contributed by atoms with Crippen molar-refractivity contribution in [2.75, 3.05) is 91.6 Å². The van der Waals surface area contributed by atoms with Gasteiger partial charge in [0.1, 0.15) is 0 Å². The fourth-order valence-electron chi connectivity index (χ4n) is 5.89. The van der Waals surface area contributed by atoms with E-state index in [0.29, 0.717) is 23.5 Å². The molecule has 1 aliphatic heterocycles. The van der Waals surface area contributed by atoms with E-state index in [2.05, 4.69) is 111 Å². The van der Waals surface area contributed by atoms with Crippen LogP contribution in [0.1, 0.15) is 29.3 Å². The predicted octanol–water partition coefficient (Wildman–Crippen LogP) is 7.73. The Hall–Kier alpha value is -1.86. The molecular weight excluding hydrogens is 620 g/mol. The number of alkyl halides is 4. The maximum Gasteiger partial charge on any atom is 0.0892 e. The molecule has 3 aromatic rings. The summed E-state index contributed by atoms with van der Waals surface area (Å²) in [5.41, 5.74) is 7.48. The van der Waals surface area contributed by atoms with Crippen molar-refractivity contribution in [1.29, 1.82) is 0 Å². The Labute approximate surface area is 278 Å². The Kier molecular flexibility index (Phi) is 13.9. The summed E-state index contributed by atoms with van der Waals surface area (Å²) >= 11 is 24.2. The molecule has 0 atom stereocenters. The van der Waals surface area contributed by atoms with Crippen LogP contribution in [0, 0.1) is 0 Å². The van der Waals surface area contributed by atoms with E-state index in [1.165, 1.54) is 33.8 Å². The highest BCUT2D eigenvalue weighted by Gasteiger charge is 2.31. The van der Waals surface area contributed by atoms with Gasteiger partial charge in [-0.1, -0.05) is 36.4 Å². The highest BCUT2D eigenvalue weighted by molar-refractivity contribution is 6.19. The lowest BCUT2D eigenvalue weighted by molar-refractivity contribution is -0.00907. The molecule has 0 aromatic heterocycles. The second kappa shape index (κ2) is 17.6. The Morgan fingerprint density at radius 3 is 1.28 bits per heavy atom. The standard InChI is InChI=1S/C34H45Cl4N5/c1-39(2)31-14-8-30(9-15-31)34-42(26-28-4-10-32(11-5-28)40(22-16-35)23-17-36)20-3-21-43(34)27-29-6-12-33(13-7-29)41(24-18-37)25-19-38/h4-15,34H,3,16-27H2,1-2H3. The summed E-state index contributed by atoms with van der Waals surface area (Å²) in [6.45, 7) is 7.02. The first-order chi connectivity index (χ1) is 21.0. The van der Waals surface area contributed by atoms with E-state index < -0.39 is 0 Å². The topological polar surface area (TPSA) is 16.2 Å². The molecular formula is C34H45Cl4N5. The normalized spacial score (nSPS) is 14.7. The fraction of sp³-hybridized carbons (Fsp3) is 0.471. The Balaban J connectivity index is 1.56. The van der Waals surface area contributed by atoms with Gasteiger partial charge in [-0.15, -0.1) is 46.4 Å². The average Bonchev–Trinajstić information content (AvgIpc) is 3.02. The summed E-state index contributed by atoms with van der Waals surface area (Å²) in [5.74, 6) is 2.33. The second-order valence-electron chi connectivity index (χ2n) is 11.2. The van der Waals surface area contributed by atoms with Crippen LogP contribution in [-0.2, 0) is 13.1 Å². The summed E-state index contributed by atoms with van der Waals surface area (Å²) in [5, 5.41) is 0. The minimum Gasteiger partial charge on any atom is -0.378 e. The van der Waals surface area contributed by atoms with Gasteiger partial charge in [-0.05, 0) is 59.5 Å². The van der Waals surface area contributed by atoms with Crippen LogP contribution in [0.2, 0.25) is 0 Å². The average molecular weight is 666 g/mol. The summed E-state index contributed by atoms with van der Waals surface area (Å²) in [6, 6.07) is 26.9. The molecule has 0 bridgehead atoms. The van der Waals surface area contributed by atoms with Gasteiger partial charge in [0.05, 0.1) is 6.17 Å². The zero-order valence-corrected chi connectivity index (χ0v) is 28.5. The number of benzene rings is 3. The lowest BCUT2D eigenvalue weighted by Crippen LogP contribution is -2.46. The van der Waals surface area contributed by atoms with Crippen LogP contribution in [0.3, 0.4) is 0 Å². The summed E-state index contributed by atoms with van der Waals surface area (Å²) in [7, 11) is 4.18. The van der Waals surface area contributed by atoms with E-state index in [1.807, 2.05) is 0 Å². The molecule has 1 fully saturated rings. The predicted molar refractivity (Wildman–Crippen MR) is 189 cm³/mol. The summed E-state index contributed by atoms with van der Waals surface area (Å²) in [6.07, 6.45) is 1.30. The van der Waals surface area contributed by atoms with Gasteiger partial charge in [0.2, 0.25) is 0 Å². The van der Waals surface area contributed by atoms with E-state index in [-0.39, 0.29) is 6.17 Å². The highest BCUT2D eigenvalue weighted by atomic mass is 35.5. The molecule has 0 saturated carbocycles. The van der Waals surface area contributed by atoms with Gasteiger partial charge in [0.25, 0.3) is 0 Å². The van der Waals surface area contributed by atoms with Crippen molar-refractivity contribution < 1.29 is 0 Å². The summed E-state index contributed by atoms with van der Waals surface area (Å²) in [4.78, 5) is 11.9. The van der Waals surface area contributed by atoms with Crippen molar-refractivity contribution in [3.63, 3.8) is 0 Å². The number of halogens is 4. The number of anilines is 3. The van der Waals surface area contributed by atoms with E-state index in [0.717, 1.165) is 58.8 Å². The van der Waals surface area contributed by atoms with E-state index >= 15 is 0 Å². The largest absolute Gasteiger partial charge is 0.378 e. The molecule has 234 valence electrons. The van der Waals surface area contributed by atoms with Crippen LogP contribution in [-0.4, -0.2) is 86.7 Å². The van der Waals surface area contributed by atoms with Crippen molar-refractivity contribution in [1.82, 2.24) is 9.80 Å². The molecule has 0 N–H and O–H groups in total. The molecule has 0 unspecified atom stereocenters. The first-order valence-electron chi connectivity index (χ1n) is 15.1. The SMILES string of the molecule is CN(C)c1ccc(C2N(Cc3ccc(N(CCCl)CCCl)cc3)CCCN2Cc2ccc(N(CCCl)CCCl)cc2)cc1. The van der Waals surface area contributed by atoms with E-state index in [1.54, 1.807) is 0 Å². The molecule has 0 radical (unpaired) electrons. The number of hydrogen-bond acceptors (Lipinski definition) is 5. The quantitative estimate of drug-likeness (QED) is 0.145. The number of nitrogens with zero attached hydrogens (tertiary/aromatic N) is 5. The minimum atomic E-state index is 0.178. The molecule has 0 amide bonds.